The SMILES string of the molecule is CC(C)(NC(=O)c1c(F)cccc1F)C(=O)c1ccc(C2C[C@@H]2C(F)(F)F)cc1. The molecule has 2 atom stereocenters. The van der Waals surface area contributed by atoms with Crippen LogP contribution in [-0.2, 0) is 0 Å². The van der Waals surface area contributed by atoms with Crippen molar-refractivity contribution in [3.8, 4) is 0 Å². The van der Waals surface area contributed by atoms with Crippen LogP contribution in [0.3, 0.4) is 0 Å². The van der Waals surface area contributed by atoms with Gasteiger partial charge >= 0.3 is 6.18 Å². The van der Waals surface area contributed by atoms with Crippen LogP contribution in [0.2, 0.25) is 0 Å². The molecule has 0 saturated heterocycles. The number of rotatable bonds is 5. The Morgan fingerprint density at radius 3 is 2.00 bits per heavy atom. The molecule has 1 saturated carbocycles. The molecule has 0 bridgehead atoms. The smallest absolute Gasteiger partial charge is 0.340 e. The van der Waals surface area contributed by atoms with Gasteiger partial charge in [0.25, 0.3) is 5.91 Å². The maximum Gasteiger partial charge on any atom is 0.392 e. The van der Waals surface area contributed by atoms with E-state index < -0.39 is 52.4 Å². The van der Waals surface area contributed by atoms with E-state index >= 15 is 0 Å². The topological polar surface area (TPSA) is 46.2 Å². The molecule has 0 radical (unpaired) electrons. The van der Waals surface area contributed by atoms with Gasteiger partial charge in [0.05, 0.1) is 11.5 Å². The van der Waals surface area contributed by atoms with Crippen molar-refractivity contribution < 1.29 is 31.5 Å². The number of Topliss-reactive ketones (excluding diaryl/α,β-unsaturated/α-hetero) is 1. The molecule has 2 aromatic carbocycles. The van der Waals surface area contributed by atoms with Gasteiger partial charge in [0.15, 0.2) is 5.78 Å². The number of hydrogen-bond donors (Lipinski definition) is 1. The number of halogens is 5. The highest BCUT2D eigenvalue weighted by Gasteiger charge is 2.56. The molecule has 1 fully saturated rings. The molecular weight excluding hydrogens is 393 g/mol. The summed E-state index contributed by atoms with van der Waals surface area (Å²) in [4.78, 5) is 25.0. The first-order chi connectivity index (χ1) is 13.4. The summed E-state index contributed by atoms with van der Waals surface area (Å²) in [5.41, 5.74) is -1.64. The molecule has 2 aromatic rings. The molecule has 0 aromatic heterocycles. The molecule has 1 amide bonds. The first kappa shape index (κ1) is 21.0. The number of nitrogens with one attached hydrogen (secondary N) is 1. The molecular formula is C21H18F5NO2. The predicted octanol–water partition coefficient (Wildman–Crippen LogP) is 5.02. The van der Waals surface area contributed by atoms with Crippen molar-refractivity contribution >= 4 is 11.7 Å². The van der Waals surface area contributed by atoms with Crippen LogP contribution in [0.1, 0.15) is 52.5 Å². The summed E-state index contributed by atoms with van der Waals surface area (Å²) in [6.07, 6.45) is -4.22. The standard InChI is InChI=1S/C21H18F5NO2/c1-20(2,27-19(29)17-15(22)4-3-5-16(17)23)18(28)12-8-6-11(7-9-12)13-10-14(13)21(24,25)26/h3-9,13-14H,10H2,1-2H3,(H,27,29)/t13?,14-/m0/s1. The van der Waals surface area contributed by atoms with Gasteiger partial charge in [-0.05, 0) is 43.9 Å². The Balaban J connectivity index is 1.73. The minimum Gasteiger partial charge on any atom is -0.340 e. The van der Waals surface area contributed by atoms with E-state index in [1.807, 2.05) is 0 Å². The Bertz CT molecular complexity index is 930. The van der Waals surface area contributed by atoms with Gasteiger partial charge in [0, 0.05) is 5.56 Å². The second-order valence-electron chi connectivity index (χ2n) is 7.62. The summed E-state index contributed by atoms with van der Waals surface area (Å²) in [5, 5.41) is 2.31. The number of hydrogen-bond acceptors (Lipinski definition) is 2. The van der Waals surface area contributed by atoms with Gasteiger partial charge in [0.1, 0.15) is 17.2 Å². The summed E-state index contributed by atoms with van der Waals surface area (Å²) in [5.74, 6) is -5.72. The summed E-state index contributed by atoms with van der Waals surface area (Å²) in [6, 6.07) is 8.66. The van der Waals surface area contributed by atoms with Crippen LogP contribution in [0.25, 0.3) is 0 Å². The van der Waals surface area contributed by atoms with E-state index in [1.165, 1.54) is 38.1 Å². The fourth-order valence-electron chi connectivity index (χ4n) is 3.29. The van der Waals surface area contributed by atoms with E-state index in [0.29, 0.717) is 5.56 Å². The molecule has 0 heterocycles. The van der Waals surface area contributed by atoms with Gasteiger partial charge < -0.3 is 5.32 Å². The number of amides is 1. The van der Waals surface area contributed by atoms with Crippen LogP contribution < -0.4 is 5.32 Å². The first-order valence-electron chi connectivity index (χ1n) is 8.90. The Hall–Kier alpha value is -2.77. The van der Waals surface area contributed by atoms with E-state index in [1.54, 1.807) is 0 Å². The van der Waals surface area contributed by atoms with Crippen molar-refractivity contribution in [3.63, 3.8) is 0 Å². The highest BCUT2D eigenvalue weighted by Crippen LogP contribution is 2.56. The average molecular weight is 411 g/mol. The number of benzene rings is 2. The van der Waals surface area contributed by atoms with Gasteiger partial charge in [-0.3, -0.25) is 9.59 Å². The maximum atomic E-state index is 13.8. The lowest BCUT2D eigenvalue weighted by Gasteiger charge is -2.25. The highest BCUT2D eigenvalue weighted by molar-refractivity contribution is 6.06. The second-order valence-corrected chi connectivity index (χ2v) is 7.62. The molecule has 1 aliphatic carbocycles. The third-order valence-electron chi connectivity index (χ3n) is 5.00. The third kappa shape index (κ3) is 4.31. The quantitative estimate of drug-likeness (QED) is 0.555. The normalized spacial score (nSPS) is 19.0. The first-order valence-corrected chi connectivity index (χ1v) is 8.90. The molecule has 3 rings (SSSR count). The minimum atomic E-state index is -4.24. The Morgan fingerprint density at radius 1 is 0.966 bits per heavy atom. The highest BCUT2D eigenvalue weighted by atomic mass is 19.4. The van der Waals surface area contributed by atoms with Gasteiger partial charge in [-0.2, -0.15) is 13.2 Å². The Labute approximate surface area is 163 Å². The summed E-state index contributed by atoms with van der Waals surface area (Å²) in [6.45, 7) is 2.75. The van der Waals surface area contributed by atoms with Crippen molar-refractivity contribution in [2.75, 3.05) is 0 Å². The second kappa shape index (κ2) is 7.24. The van der Waals surface area contributed by atoms with E-state index in [9.17, 15) is 31.5 Å². The lowest BCUT2D eigenvalue weighted by atomic mass is 9.91. The van der Waals surface area contributed by atoms with Crippen LogP contribution in [0.4, 0.5) is 22.0 Å². The monoisotopic (exact) mass is 411 g/mol. The molecule has 1 unspecified atom stereocenters. The van der Waals surface area contributed by atoms with Crippen molar-refractivity contribution in [3.05, 3.63) is 70.8 Å². The molecule has 0 aliphatic heterocycles. The zero-order valence-corrected chi connectivity index (χ0v) is 15.6. The fourth-order valence-corrected chi connectivity index (χ4v) is 3.29. The Morgan fingerprint density at radius 2 is 1.52 bits per heavy atom. The number of carbonyl (C=O) groups excluding carboxylic acids is 2. The lowest BCUT2D eigenvalue weighted by Crippen LogP contribution is -2.50. The fraction of sp³-hybridized carbons (Fsp3) is 0.333. The van der Waals surface area contributed by atoms with Gasteiger partial charge in [-0.25, -0.2) is 8.78 Å². The summed E-state index contributed by atoms with van der Waals surface area (Å²) in [7, 11) is 0. The van der Waals surface area contributed by atoms with E-state index in [-0.39, 0.29) is 12.0 Å². The van der Waals surface area contributed by atoms with Crippen molar-refractivity contribution in [2.24, 2.45) is 5.92 Å². The van der Waals surface area contributed by atoms with Gasteiger partial charge in [-0.15, -0.1) is 0 Å². The summed E-state index contributed by atoms with van der Waals surface area (Å²) >= 11 is 0. The molecule has 154 valence electrons. The molecule has 29 heavy (non-hydrogen) atoms. The molecule has 8 heteroatoms. The van der Waals surface area contributed by atoms with E-state index in [4.69, 9.17) is 0 Å². The minimum absolute atomic E-state index is 0.0204. The number of carbonyl (C=O) groups is 2. The van der Waals surface area contributed by atoms with Crippen LogP contribution in [-0.4, -0.2) is 23.4 Å². The summed E-state index contributed by atoms with van der Waals surface area (Å²) < 4.78 is 65.7. The zero-order chi connectivity index (χ0) is 21.6. The zero-order valence-electron chi connectivity index (χ0n) is 15.6. The van der Waals surface area contributed by atoms with Gasteiger partial charge in [-0.1, -0.05) is 30.3 Å². The van der Waals surface area contributed by atoms with E-state index in [2.05, 4.69) is 5.32 Å². The van der Waals surface area contributed by atoms with Crippen LogP contribution in [0, 0.1) is 17.6 Å². The van der Waals surface area contributed by atoms with Crippen LogP contribution >= 0.6 is 0 Å². The molecule has 3 nitrogen and oxygen atoms in total. The van der Waals surface area contributed by atoms with Crippen molar-refractivity contribution in [1.82, 2.24) is 5.32 Å². The lowest BCUT2D eigenvalue weighted by molar-refractivity contribution is -0.148. The van der Waals surface area contributed by atoms with E-state index in [0.717, 1.165) is 18.2 Å². The average Bonchev–Trinajstić information content (AvgIpc) is 3.42. The van der Waals surface area contributed by atoms with Crippen LogP contribution in [0.5, 0.6) is 0 Å². The van der Waals surface area contributed by atoms with Gasteiger partial charge in [0.2, 0.25) is 0 Å². The number of ketones is 1. The van der Waals surface area contributed by atoms with Crippen LogP contribution in [0.15, 0.2) is 42.5 Å². The Kier molecular flexibility index (Phi) is 5.23. The van der Waals surface area contributed by atoms with Crippen molar-refractivity contribution in [1.29, 1.82) is 0 Å². The third-order valence-corrected chi connectivity index (χ3v) is 5.00. The molecule has 0 spiro atoms. The predicted molar refractivity (Wildman–Crippen MR) is 95.6 cm³/mol. The largest absolute Gasteiger partial charge is 0.392 e. The molecule has 1 aliphatic rings. The number of alkyl halides is 3. The maximum absolute atomic E-state index is 13.8. The molecule has 1 N–H and O–H groups in total. The van der Waals surface area contributed by atoms with Crippen molar-refractivity contribution in [2.45, 2.75) is 37.9 Å².